The van der Waals surface area contributed by atoms with Gasteiger partial charge in [-0.15, -0.1) is 0 Å². The monoisotopic (exact) mass is 295 g/mol. The zero-order valence-corrected chi connectivity index (χ0v) is 12.1. The molecule has 1 atom stereocenters. The summed E-state index contributed by atoms with van der Waals surface area (Å²) in [5.74, 6) is 0. The average molecular weight is 295 g/mol. The van der Waals surface area contributed by atoms with Crippen LogP contribution in [0.2, 0.25) is 0 Å². The second-order valence-corrected chi connectivity index (χ2v) is 5.63. The van der Waals surface area contributed by atoms with Gasteiger partial charge in [-0.05, 0) is 18.9 Å². The van der Waals surface area contributed by atoms with Crippen molar-refractivity contribution in [2.45, 2.75) is 18.9 Å². The normalized spacial score (nSPS) is 18.8. The lowest BCUT2D eigenvalue weighted by molar-refractivity contribution is 0.154. The Morgan fingerprint density at radius 1 is 1.27 bits per heavy atom. The molecule has 6 heteroatoms. The molecule has 0 unspecified atom stereocenters. The van der Waals surface area contributed by atoms with Crippen molar-refractivity contribution in [1.82, 2.24) is 19.9 Å². The summed E-state index contributed by atoms with van der Waals surface area (Å²) in [4.78, 5) is 18.1. The van der Waals surface area contributed by atoms with Crippen molar-refractivity contribution in [2.24, 2.45) is 0 Å². The number of anilines is 1. The van der Waals surface area contributed by atoms with Gasteiger partial charge in [-0.3, -0.25) is 0 Å². The van der Waals surface area contributed by atoms with Crippen LogP contribution < -0.4 is 4.90 Å². The second-order valence-electron chi connectivity index (χ2n) is 5.63. The Bertz CT molecular complexity index is 786. The van der Waals surface area contributed by atoms with E-state index in [9.17, 15) is 5.11 Å². The molecular formula is C16H17N5O. The topological polar surface area (TPSA) is 77.9 Å². The molecule has 0 amide bonds. The van der Waals surface area contributed by atoms with Gasteiger partial charge in [0, 0.05) is 49.0 Å². The lowest BCUT2D eigenvalue weighted by Crippen LogP contribution is -2.38. The Morgan fingerprint density at radius 3 is 2.95 bits per heavy atom. The molecule has 0 spiro atoms. The molecule has 1 saturated heterocycles. The molecule has 0 radical (unpaired) electrons. The third kappa shape index (κ3) is 2.21. The first-order valence-electron chi connectivity index (χ1n) is 7.47. The number of β-amino-alcohol motifs (C(OH)–C–C–N with tert-alkyl or cyclic N) is 1. The summed E-state index contributed by atoms with van der Waals surface area (Å²) >= 11 is 0. The third-order valence-corrected chi connectivity index (χ3v) is 4.16. The van der Waals surface area contributed by atoms with E-state index in [-0.39, 0.29) is 6.10 Å². The van der Waals surface area contributed by atoms with Crippen LogP contribution in [-0.2, 0) is 0 Å². The molecule has 3 aromatic heterocycles. The third-order valence-electron chi connectivity index (χ3n) is 4.16. The molecule has 2 N–H and O–H groups in total. The molecule has 6 nitrogen and oxygen atoms in total. The molecule has 112 valence electrons. The number of aliphatic hydroxyl groups excluding tert-OH is 1. The molecule has 4 heterocycles. The van der Waals surface area contributed by atoms with E-state index in [0.29, 0.717) is 6.54 Å². The predicted octanol–water partition coefficient (Wildman–Crippen LogP) is 1.98. The van der Waals surface area contributed by atoms with Crippen molar-refractivity contribution in [3.05, 3.63) is 37.2 Å². The van der Waals surface area contributed by atoms with Crippen LogP contribution in [0.5, 0.6) is 0 Å². The van der Waals surface area contributed by atoms with Crippen LogP contribution in [0.25, 0.3) is 22.2 Å². The number of aliphatic hydroxyl groups is 1. The van der Waals surface area contributed by atoms with E-state index in [1.54, 1.807) is 18.6 Å². The highest BCUT2D eigenvalue weighted by Gasteiger charge is 2.21. The summed E-state index contributed by atoms with van der Waals surface area (Å²) in [7, 11) is 0. The molecule has 4 rings (SSSR count). The number of piperidine rings is 1. The first-order chi connectivity index (χ1) is 10.8. The predicted molar refractivity (Wildman–Crippen MR) is 84.6 cm³/mol. The number of nitrogens with one attached hydrogen (secondary N) is 1. The highest BCUT2D eigenvalue weighted by molar-refractivity contribution is 6.02. The number of pyridine rings is 1. The minimum atomic E-state index is -0.264. The van der Waals surface area contributed by atoms with Crippen LogP contribution in [-0.4, -0.2) is 44.2 Å². The summed E-state index contributed by atoms with van der Waals surface area (Å²) in [5.41, 5.74) is 3.94. The number of aromatic nitrogens is 4. The average Bonchev–Trinajstić information content (AvgIpc) is 3.00. The number of fused-ring (bicyclic) bond motifs is 1. The first-order valence-corrected chi connectivity index (χ1v) is 7.47. The molecule has 0 bridgehead atoms. The summed E-state index contributed by atoms with van der Waals surface area (Å²) in [6.45, 7) is 1.61. The van der Waals surface area contributed by atoms with E-state index in [2.05, 4.69) is 24.8 Å². The van der Waals surface area contributed by atoms with Crippen LogP contribution in [0.1, 0.15) is 12.8 Å². The molecule has 3 aromatic rings. The van der Waals surface area contributed by atoms with E-state index >= 15 is 0 Å². The largest absolute Gasteiger partial charge is 0.391 e. The zero-order chi connectivity index (χ0) is 14.9. The zero-order valence-electron chi connectivity index (χ0n) is 12.1. The maximum absolute atomic E-state index is 9.96. The van der Waals surface area contributed by atoms with Crippen molar-refractivity contribution in [3.63, 3.8) is 0 Å². The summed E-state index contributed by atoms with van der Waals surface area (Å²) in [6.07, 6.45) is 10.5. The summed E-state index contributed by atoms with van der Waals surface area (Å²) in [6, 6.07) is 2.02. The molecular weight excluding hydrogens is 278 g/mol. The summed E-state index contributed by atoms with van der Waals surface area (Å²) < 4.78 is 0. The molecule has 0 aliphatic carbocycles. The quantitative estimate of drug-likeness (QED) is 0.756. The minimum absolute atomic E-state index is 0.264. The van der Waals surface area contributed by atoms with Gasteiger partial charge in [0.2, 0.25) is 0 Å². The van der Waals surface area contributed by atoms with Crippen LogP contribution in [0.3, 0.4) is 0 Å². The number of nitrogens with zero attached hydrogens (tertiary/aromatic N) is 4. The molecule has 1 aliphatic rings. The standard InChI is InChI=1S/C16H17N5O/c22-12-2-1-5-21(9-12)14-3-4-19-16-15(14)13(8-20-16)11-6-17-10-18-7-11/h3-4,6-8,10,12,22H,1-2,5,9H2,(H,19,20)/t12-/m1/s1. The maximum atomic E-state index is 9.96. The van der Waals surface area contributed by atoms with Crippen molar-refractivity contribution < 1.29 is 5.11 Å². The van der Waals surface area contributed by atoms with E-state index in [0.717, 1.165) is 47.2 Å². The fraction of sp³-hybridized carbons (Fsp3) is 0.312. The Labute approximate surface area is 127 Å². The molecule has 1 aliphatic heterocycles. The Hall–Kier alpha value is -2.47. The number of rotatable bonds is 2. The van der Waals surface area contributed by atoms with Crippen LogP contribution >= 0.6 is 0 Å². The maximum Gasteiger partial charge on any atom is 0.139 e. The second kappa shape index (κ2) is 5.38. The van der Waals surface area contributed by atoms with Gasteiger partial charge in [0.15, 0.2) is 0 Å². The van der Waals surface area contributed by atoms with Gasteiger partial charge in [-0.25, -0.2) is 15.0 Å². The number of hydrogen-bond donors (Lipinski definition) is 2. The van der Waals surface area contributed by atoms with Gasteiger partial charge in [0.1, 0.15) is 12.0 Å². The lowest BCUT2D eigenvalue weighted by Gasteiger charge is -2.32. The number of aromatic amines is 1. The SMILES string of the molecule is O[C@@H]1CCCN(c2ccnc3[nH]cc(-c4cncnc4)c23)C1. The highest BCUT2D eigenvalue weighted by Crippen LogP contribution is 2.35. The van der Waals surface area contributed by atoms with Crippen molar-refractivity contribution >= 4 is 16.7 Å². The Kier molecular flexibility index (Phi) is 3.23. The van der Waals surface area contributed by atoms with Gasteiger partial charge < -0.3 is 15.0 Å². The molecule has 22 heavy (non-hydrogen) atoms. The van der Waals surface area contributed by atoms with Crippen LogP contribution in [0.4, 0.5) is 5.69 Å². The number of H-pyrrole nitrogens is 1. The number of hydrogen-bond acceptors (Lipinski definition) is 5. The van der Waals surface area contributed by atoms with E-state index in [4.69, 9.17) is 0 Å². The molecule has 0 saturated carbocycles. The summed E-state index contributed by atoms with van der Waals surface area (Å²) in [5, 5.41) is 11.0. The lowest BCUT2D eigenvalue weighted by atomic mass is 10.0. The van der Waals surface area contributed by atoms with Gasteiger partial charge in [-0.1, -0.05) is 0 Å². The van der Waals surface area contributed by atoms with Crippen molar-refractivity contribution in [3.8, 4) is 11.1 Å². The van der Waals surface area contributed by atoms with Gasteiger partial charge >= 0.3 is 0 Å². The fourth-order valence-electron chi connectivity index (χ4n) is 3.14. The van der Waals surface area contributed by atoms with Crippen molar-refractivity contribution in [2.75, 3.05) is 18.0 Å². The highest BCUT2D eigenvalue weighted by atomic mass is 16.3. The van der Waals surface area contributed by atoms with Gasteiger partial charge in [-0.2, -0.15) is 0 Å². The van der Waals surface area contributed by atoms with Crippen molar-refractivity contribution in [1.29, 1.82) is 0 Å². The van der Waals surface area contributed by atoms with E-state index in [1.807, 2.05) is 12.3 Å². The van der Waals surface area contributed by atoms with Crippen LogP contribution in [0.15, 0.2) is 37.2 Å². The van der Waals surface area contributed by atoms with Gasteiger partial charge in [0.25, 0.3) is 0 Å². The van der Waals surface area contributed by atoms with Gasteiger partial charge in [0.05, 0.1) is 17.2 Å². The minimum Gasteiger partial charge on any atom is -0.391 e. The molecule has 1 fully saturated rings. The van der Waals surface area contributed by atoms with E-state index in [1.165, 1.54) is 6.33 Å². The Balaban J connectivity index is 1.86. The smallest absolute Gasteiger partial charge is 0.139 e. The van der Waals surface area contributed by atoms with Crippen LogP contribution in [0, 0.1) is 0 Å². The van der Waals surface area contributed by atoms with E-state index < -0.39 is 0 Å². The fourth-order valence-corrected chi connectivity index (χ4v) is 3.14. The molecule has 0 aromatic carbocycles. The Morgan fingerprint density at radius 2 is 2.14 bits per heavy atom. The first kappa shape index (κ1) is 13.2.